The molecule has 0 saturated heterocycles. The summed E-state index contributed by atoms with van der Waals surface area (Å²) in [4.78, 5) is 5.06. The first-order valence-corrected chi connectivity index (χ1v) is 6.21. The summed E-state index contributed by atoms with van der Waals surface area (Å²) >= 11 is 2.81. The van der Waals surface area contributed by atoms with Gasteiger partial charge in [-0.1, -0.05) is 6.07 Å². The lowest BCUT2D eigenvalue weighted by Gasteiger charge is -1.95. The van der Waals surface area contributed by atoms with Crippen LogP contribution in [0.15, 0.2) is 29.4 Å². The number of rotatable bonds is 2. The van der Waals surface area contributed by atoms with Crippen molar-refractivity contribution >= 4 is 23.3 Å². The molecule has 0 spiro atoms. The third-order valence-corrected chi connectivity index (χ3v) is 3.53. The molecular weight excluding hydrogens is 226 g/mol. The van der Waals surface area contributed by atoms with Gasteiger partial charge in [0.25, 0.3) is 0 Å². The molecule has 2 aromatic rings. The lowest BCUT2D eigenvalue weighted by Crippen LogP contribution is -1.82. The fourth-order valence-electron chi connectivity index (χ4n) is 1.19. The van der Waals surface area contributed by atoms with Crippen molar-refractivity contribution in [2.45, 2.75) is 5.03 Å². The van der Waals surface area contributed by atoms with E-state index in [1.165, 1.54) is 23.3 Å². The molecule has 0 bridgehead atoms. The highest BCUT2D eigenvalue weighted by molar-refractivity contribution is 7.98. The molecule has 0 N–H and O–H groups in total. The molecule has 0 aliphatic rings. The van der Waals surface area contributed by atoms with E-state index in [4.69, 9.17) is 5.26 Å². The molecule has 2 heterocycles. The molecule has 0 saturated carbocycles. The molecule has 0 aliphatic heterocycles. The molecule has 0 aromatic carbocycles. The van der Waals surface area contributed by atoms with E-state index >= 15 is 0 Å². The summed E-state index contributed by atoms with van der Waals surface area (Å²) in [6, 6.07) is 7.83. The van der Waals surface area contributed by atoms with Crippen LogP contribution in [0.2, 0.25) is 0 Å². The van der Waals surface area contributed by atoms with Gasteiger partial charge in [-0.3, -0.25) is 4.98 Å². The average molecular weight is 233 g/mol. The van der Waals surface area contributed by atoms with Crippen LogP contribution in [0.5, 0.6) is 0 Å². The number of nitrogens with zero attached hydrogens (tertiary/aromatic N) is 3. The number of aromatic nitrogens is 2. The van der Waals surface area contributed by atoms with Crippen molar-refractivity contribution < 1.29 is 0 Å². The van der Waals surface area contributed by atoms with Gasteiger partial charge in [-0.2, -0.15) is 9.64 Å². The van der Waals surface area contributed by atoms with Crippen molar-refractivity contribution in [2.24, 2.45) is 0 Å². The van der Waals surface area contributed by atoms with Gasteiger partial charge in [0.1, 0.15) is 16.7 Å². The Morgan fingerprint density at radius 3 is 2.93 bits per heavy atom. The van der Waals surface area contributed by atoms with Gasteiger partial charge in [-0.25, -0.2) is 0 Å². The summed E-state index contributed by atoms with van der Waals surface area (Å²) in [7, 11) is 0. The van der Waals surface area contributed by atoms with Crippen molar-refractivity contribution in [1.82, 2.24) is 9.36 Å². The zero-order chi connectivity index (χ0) is 10.7. The second kappa shape index (κ2) is 4.43. The molecule has 0 amide bonds. The van der Waals surface area contributed by atoms with E-state index in [9.17, 15) is 0 Å². The smallest absolute Gasteiger partial charge is 0.128 e. The number of hydrogen-bond acceptors (Lipinski definition) is 5. The first-order valence-electron chi connectivity index (χ1n) is 4.22. The first-order chi connectivity index (χ1) is 7.36. The molecule has 5 heteroatoms. The van der Waals surface area contributed by atoms with Crippen LogP contribution in [-0.2, 0) is 0 Å². The molecule has 0 unspecified atom stereocenters. The fraction of sp³-hybridized carbons (Fsp3) is 0.100. The predicted molar refractivity (Wildman–Crippen MR) is 61.8 cm³/mol. The average Bonchev–Trinajstić information content (AvgIpc) is 2.72. The van der Waals surface area contributed by atoms with Gasteiger partial charge < -0.3 is 0 Å². The van der Waals surface area contributed by atoms with E-state index in [0.29, 0.717) is 5.56 Å². The Morgan fingerprint density at radius 1 is 1.47 bits per heavy atom. The fourth-order valence-corrected chi connectivity index (χ4v) is 2.73. The Bertz CT molecular complexity index is 499. The third kappa shape index (κ3) is 1.87. The predicted octanol–water partition coefficient (Wildman–Crippen LogP) is 2.80. The molecule has 74 valence electrons. The Morgan fingerprint density at radius 2 is 2.33 bits per heavy atom. The summed E-state index contributed by atoms with van der Waals surface area (Å²) in [5.74, 6) is 0. The van der Waals surface area contributed by atoms with Gasteiger partial charge in [0.05, 0.1) is 10.6 Å². The lowest BCUT2D eigenvalue weighted by molar-refractivity contribution is 1.25. The largest absolute Gasteiger partial charge is 0.255 e. The molecule has 0 fully saturated rings. The molecular formula is C10H7N3S2. The first kappa shape index (κ1) is 10.1. The van der Waals surface area contributed by atoms with E-state index in [-0.39, 0.29) is 0 Å². The summed E-state index contributed by atoms with van der Waals surface area (Å²) in [6.45, 7) is 0. The van der Waals surface area contributed by atoms with E-state index < -0.39 is 0 Å². The zero-order valence-corrected chi connectivity index (χ0v) is 9.60. The minimum absolute atomic E-state index is 0.631. The van der Waals surface area contributed by atoms with Gasteiger partial charge in [-0.15, -0.1) is 11.8 Å². The minimum atomic E-state index is 0.631. The number of hydrogen-bond donors (Lipinski definition) is 0. The Kier molecular flexibility index (Phi) is 2.99. The second-order valence-corrected chi connectivity index (χ2v) is 4.29. The van der Waals surface area contributed by atoms with Crippen molar-refractivity contribution in [3.63, 3.8) is 0 Å². The monoisotopic (exact) mass is 233 g/mol. The Balaban J connectivity index is 2.55. The molecule has 0 aliphatic carbocycles. The van der Waals surface area contributed by atoms with Gasteiger partial charge in [-0.05, 0) is 29.9 Å². The maximum absolute atomic E-state index is 9.06. The summed E-state index contributed by atoms with van der Waals surface area (Å²) < 4.78 is 4.22. The van der Waals surface area contributed by atoms with Gasteiger partial charge >= 0.3 is 0 Å². The van der Waals surface area contributed by atoms with Crippen LogP contribution < -0.4 is 0 Å². The Labute approximate surface area is 96.0 Å². The molecule has 0 atom stereocenters. The highest BCUT2D eigenvalue weighted by atomic mass is 32.2. The van der Waals surface area contributed by atoms with E-state index in [1.54, 1.807) is 6.20 Å². The van der Waals surface area contributed by atoms with E-state index in [1.807, 2.05) is 24.5 Å². The minimum Gasteiger partial charge on any atom is -0.255 e. The molecule has 15 heavy (non-hydrogen) atoms. The van der Waals surface area contributed by atoms with Crippen molar-refractivity contribution in [3.8, 4) is 16.6 Å². The summed E-state index contributed by atoms with van der Waals surface area (Å²) in [5.41, 5.74) is 1.44. The highest BCUT2D eigenvalue weighted by Gasteiger charge is 2.14. The van der Waals surface area contributed by atoms with Crippen LogP contribution in [0.3, 0.4) is 0 Å². The maximum atomic E-state index is 9.06. The third-order valence-electron chi connectivity index (χ3n) is 1.86. The molecule has 2 aromatic heterocycles. The van der Waals surface area contributed by atoms with Gasteiger partial charge in [0.2, 0.25) is 0 Å². The summed E-state index contributed by atoms with van der Waals surface area (Å²) in [5, 5.41) is 9.84. The number of nitriles is 1. The molecule has 3 nitrogen and oxygen atoms in total. The zero-order valence-electron chi connectivity index (χ0n) is 7.97. The van der Waals surface area contributed by atoms with Crippen LogP contribution in [0.1, 0.15) is 5.56 Å². The van der Waals surface area contributed by atoms with Crippen LogP contribution in [0.25, 0.3) is 10.6 Å². The standard InChI is InChI=1S/C10H7N3S2/c1-14-10-7(6-11)9(15-13-10)8-4-2-3-5-12-8/h2-5H,1H3. The van der Waals surface area contributed by atoms with E-state index in [0.717, 1.165) is 15.6 Å². The van der Waals surface area contributed by atoms with Gasteiger partial charge in [0.15, 0.2) is 0 Å². The quantitative estimate of drug-likeness (QED) is 0.748. The molecule has 0 radical (unpaired) electrons. The van der Waals surface area contributed by atoms with E-state index in [2.05, 4.69) is 15.4 Å². The number of pyridine rings is 1. The van der Waals surface area contributed by atoms with Crippen molar-refractivity contribution in [2.75, 3.05) is 6.26 Å². The lowest BCUT2D eigenvalue weighted by atomic mass is 10.2. The molecule has 2 rings (SSSR count). The van der Waals surface area contributed by atoms with Crippen LogP contribution in [0, 0.1) is 11.3 Å². The summed E-state index contributed by atoms with van der Waals surface area (Å²) in [6.07, 6.45) is 3.63. The van der Waals surface area contributed by atoms with Crippen molar-refractivity contribution in [1.29, 1.82) is 5.26 Å². The maximum Gasteiger partial charge on any atom is 0.128 e. The van der Waals surface area contributed by atoms with Gasteiger partial charge in [0, 0.05) is 6.20 Å². The number of thioether (sulfide) groups is 1. The topological polar surface area (TPSA) is 49.6 Å². The second-order valence-electron chi connectivity index (χ2n) is 2.72. The van der Waals surface area contributed by atoms with Crippen molar-refractivity contribution in [3.05, 3.63) is 30.0 Å². The normalized spacial score (nSPS) is 9.87. The highest BCUT2D eigenvalue weighted by Crippen LogP contribution is 2.32. The van der Waals surface area contributed by atoms with Crippen LogP contribution in [0.4, 0.5) is 0 Å². The SMILES string of the molecule is CSc1nsc(-c2ccccn2)c1C#N. The van der Waals surface area contributed by atoms with Crippen LogP contribution in [-0.4, -0.2) is 15.6 Å². The Hall–Kier alpha value is -1.38. The van der Waals surface area contributed by atoms with Crippen LogP contribution >= 0.6 is 23.3 Å².